The second-order valence-electron chi connectivity index (χ2n) is 3.63. The van der Waals surface area contributed by atoms with Crippen molar-refractivity contribution in [3.63, 3.8) is 0 Å². The van der Waals surface area contributed by atoms with Crippen LogP contribution in [0.15, 0.2) is 27.8 Å². The van der Waals surface area contributed by atoms with Gasteiger partial charge in [-0.3, -0.25) is 19.9 Å². The fraction of sp³-hybridized carbons (Fsp3) is 0. The smallest absolute Gasteiger partial charge is 0.335 e. The van der Waals surface area contributed by atoms with E-state index in [0.717, 1.165) is 12.1 Å². The number of hydrogen-bond donors (Lipinski definition) is 2. The first kappa shape index (κ1) is 13.4. The quantitative estimate of drug-likeness (QED) is 0.612. The molecule has 2 aromatic rings. The van der Waals surface area contributed by atoms with E-state index in [1.54, 1.807) is 4.98 Å². The molecule has 0 unspecified atom stereocenters. The topological polar surface area (TPSA) is 118 Å². The number of aromatic nitrogens is 2. The Bertz CT molecular complexity index is 827. The molecule has 8 nitrogen and oxygen atoms in total. The Morgan fingerprint density at radius 2 is 1.95 bits per heavy atom. The van der Waals surface area contributed by atoms with E-state index in [1.165, 1.54) is 0 Å². The van der Waals surface area contributed by atoms with Crippen LogP contribution < -0.4 is 11.2 Å². The summed E-state index contributed by atoms with van der Waals surface area (Å²) in [4.78, 5) is 33.4. The van der Waals surface area contributed by atoms with Crippen molar-refractivity contribution >= 4 is 5.69 Å². The molecule has 2 N–H and O–H groups in total. The molecule has 104 valence electrons. The SMILES string of the molecule is O=c1[nH]c(=O)n(-c2ccc([N+](=O)[O-])c(F)c2)c(O)c1F. The van der Waals surface area contributed by atoms with E-state index in [-0.39, 0.29) is 10.3 Å². The predicted molar refractivity (Wildman–Crippen MR) is 60.9 cm³/mol. The van der Waals surface area contributed by atoms with E-state index in [1.807, 2.05) is 0 Å². The maximum absolute atomic E-state index is 13.4. The number of H-pyrrole nitrogens is 1. The van der Waals surface area contributed by atoms with Crippen molar-refractivity contribution in [2.75, 3.05) is 0 Å². The van der Waals surface area contributed by atoms with Gasteiger partial charge in [0.15, 0.2) is 0 Å². The van der Waals surface area contributed by atoms with Gasteiger partial charge in [-0.05, 0) is 6.07 Å². The predicted octanol–water partition coefficient (Wildman–Crippen LogP) is 0.418. The molecule has 0 radical (unpaired) electrons. The Labute approximate surface area is 107 Å². The average Bonchev–Trinajstić information content (AvgIpc) is 2.36. The molecular formula is C10H5F2N3O5. The molecule has 20 heavy (non-hydrogen) atoms. The number of benzene rings is 1. The van der Waals surface area contributed by atoms with E-state index < -0.39 is 39.4 Å². The Morgan fingerprint density at radius 1 is 1.30 bits per heavy atom. The van der Waals surface area contributed by atoms with Gasteiger partial charge in [-0.2, -0.15) is 8.78 Å². The third-order valence-corrected chi connectivity index (χ3v) is 2.42. The fourth-order valence-corrected chi connectivity index (χ4v) is 1.53. The van der Waals surface area contributed by atoms with Crippen LogP contribution in [0.3, 0.4) is 0 Å². The Hall–Kier alpha value is -3.04. The third-order valence-electron chi connectivity index (χ3n) is 2.42. The Kier molecular flexibility index (Phi) is 3.06. The van der Waals surface area contributed by atoms with Gasteiger partial charge in [-0.1, -0.05) is 0 Å². The monoisotopic (exact) mass is 285 g/mol. The van der Waals surface area contributed by atoms with Crippen molar-refractivity contribution in [2.45, 2.75) is 0 Å². The fourth-order valence-electron chi connectivity index (χ4n) is 1.53. The van der Waals surface area contributed by atoms with Gasteiger partial charge in [0.2, 0.25) is 17.5 Å². The van der Waals surface area contributed by atoms with Crippen molar-refractivity contribution in [3.8, 4) is 11.6 Å². The molecule has 0 aliphatic carbocycles. The number of nitro benzene ring substituents is 1. The zero-order valence-corrected chi connectivity index (χ0v) is 9.46. The minimum atomic E-state index is -1.64. The van der Waals surface area contributed by atoms with Gasteiger partial charge >= 0.3 is 11.4 Å². The van der Waals surface area contributed by atoms with Gasteiger partial charge in [0.05, 0.1) is 10.6 Å². The summed E-state index contributed by atoms with van der Waals surface area (Å²) in [6.45, 7) is 0. The number of nitrogens with zero attached hydrogens (tertiary/aromatic N) is 2. The molecule has 0 fully saturated rings. The van der Waals surface area contributed by atoms with Crippen molar-refractivity contribution in [1.82, 2.24) is 9.55 Å². The maximum Gasteiger partial charge on any atom is 0.335 e. The third kappa shape index (κ3) is 2.02. The summed E-state index contributed by atoms with van der Waals surface area (Å²) in [5.41, 5.74) is -3.90. The van der Waals surface area contributed by atoms with Crippen molar-refractivity contribution in [3.05, 3.63) is 60.8 Å². The summed E-state index contributed by atoms with van der Waals surface area (Å²) in [7, 11) is 0. The number of nitro groups is 1. The molecule has 0 aliphatic rings. The van der Waals surface area contributed by atoms with Gasteiger partial charge in [0.25, 0.3) is 5.56 Å². The van der Waals surface area contributed by atoms with E-state index in [2.05, 4.69) is 0 Å². The van der Waals surface area contributed by atoms with Crippen LogP contribution in [0, 0.1) is 21.7 Å². The zero-order valence-electron chi connectivity index (χ0n) is 9.46. The van der Waals surface area contributed by atoms with Crippen molar-refractivity contribution in [1.29, 1.82) is 0 Å². The maximum atomic E-state index is 13.4. The van der Waals surface area contributed by atoms with E-state index >= 15 is 0 Å². The van der Waals surface area contributed by atoms with Crippen molar-refractivity contribution < 1.29 is 18.8 Å². The molecule has 0 saturated heterocycles. The van der Waals surface area contributed by atoms with Crippen LogP contribution in [0.5, 0.6) is 5.88 Å². The lowest BCUT2D eigenvalue weighted by Gasteiger charge is -2.07. The lowest BCUT2D eigenvalue weighted by atomic mass is 10.2. The van der Waals surface area contributed by atoms with Crippen LogP contribution in [0.4, 0.5) is 14.5 Å². The molecule has 0 atom stereocenters. The second kappa shape index (κ2) is 4.57. The molecule has 1 aromatic carbocycles. The first-order chi connectivity index (χ1) is 9.32. The zero-order chi connectivity index (χ0) is 15.0. The van der Waals surface area contributed by atoms with Gasteiger partial charge in [0, 0.05) is 12.1 Å². The van der Waals surface area contributed by atoms with Crippen molar-refractivity contribution in [2.24, 2.45) is 0 Å². The van der Waals surface area contributed by atoms with Gasteiger partial charge < -0.3 is 5.11 Å². The van der Waals surface area contributed by atoms with E-state index in [9.17, 15) is 33.6 Å². The van der Waals surface area contributed by atoms with Gasteiger partial charge in [0.1, 0.15) is 0 Å². The minimum absolute atomic E-state index is 0.267. The van der Waals surface area contributed by atoms with Gasteiger partial charge in [-0.25, -0.2) is 9.36 Å². The minimum Gasteiger partial charge on any atom is -0.492 e. The molecule has 0 spiro atoms. The molecule has 0 bridgehead atoms. The number of aromatic amines is 1. The lowest BCUT2D eigenvalue weighted by molar-refractivity contribution is -0.387. The lowest BCUT2D eigenvalue weighted by Crippen LogP contribution is -2.31. The second-order valence-corrected chi connectivity index (χ2v) is 3.63. The number of halogens is 2. The first-order valence-corrected chi connectivity index (χ1v) is 5.01. The number of rotatable bonds is 2. The summed E-state index contributed by atoms with van der Waals surface area (Å²) in [6.07, 6.45) is 0. The highest BCUT2D eigenvalue weighted by molar-refractivity contribution is 5.43. The van der Waals surface area contributed by atoms with Crippen LogP contribution >= 0.6 is 0 Å². The summed E-state index contributed by atoms with van der Waals surface area (Å²) in [5.74, 6) is -4.25. The molecule has 10 heteroatoms. The number of aromatic hydroxyl groups is 1. The van der Waals surface area contributed by atoms with E-state index in [4.69, 9.17) is 0 Å². The van der Waals surface area contributed by atoms with E-state index in [0.29, 0.717) is 6.07 Å². The average molecular weight is 285 g/mol. The largest absolute Gasteiger partial charge is 0.492 e. The molecule has 1 aromatic heterocycles. The van der Waals surface area contributed by atoms with Crippen LogP contribution in [-0.4, -0.2) is 19.6 Å². The normalized spacial score (nSPS) is 10.5. The van der Waals surface area contributed by atoms with Crippen LogP contribution in [0.2, 0.25) is 0 Å². The summed E-state index contributed by atoms with van der Waals surface area (Å²) < 4.78 is 26.9. The summed E-state index contributed by atoms with van der Waals surface area (Å²) in [6, 6.07) is 2.21. The first-order valence-electron chi connectivity index (χ1n) is 5.01. The van der Waals surface area contributed by atoms with Crippen LogP contribution in [0.1, 0.15) is 0 Å². The standard InChI is InChI=1S/C10H5F2N3O5/c11-5-3-4(1-2-6(5)15(19)20)14-9(17)7(12)8(16)13-10(14)18/h1-3,17H,(H,13,16,18). The molecule has 0 amide bonds. The molecule has 0 aliphatic heterocycles. The highest BCUT2D eigenvalue weighted by atomic mass is 19.1. The van der Waals surface area contributed by atoms with Crippen LogP contribution in [0.25, 0.3) is 5.69 Å². The molecule has 2 rings (SSSR count). The molecular weight excluding hydrogens is 280 g/mol. The highest BCUT2D eigenvalue weighted by Crippen LogP contribution is 2.22. The summed E-state index contributed by atoms with van der Waals surface area (Å²) in [5, 5.41) is 19.8. The summed E-state index contributed by atoms with van der Waals surface area (Å²) >= 11 is 0. The van der Waals surface area contributed by atoms with Crippen LogP contribution in [-0.2, 0) is 0 Å². The number of hydrogen-bond acceptors (Lipinski definition) is 5. The Morgan fingerprint density at radius 3 is 2.50 bits per heavy atom. The highest BCUT2D eigenvalue weighted by Gasteiger charge is 2.19. The number of nitrogens with one attached hydrogen (secondary N) is 1. The molecule has 0 saturated carbocycles. The Balaban J connectivity index is 2.73. The molecule has 1 heterocycles. The van der Waals surface area contributed by atoms with Gasteiger partial charge in [-0.15, -0.1) is 0 Å².